The normalized spacial score (nSPS) is 10.8. The van der Waals surface area contributed by atoms with Crippen molar-refractivity contribution in [3.05, 3.63) is 10.6 Å². The highest BCUT2D eigenvalue weighted by Crippen LogP contribution is 2.23. The molecule has 0 aliphatic rings. The van der Waals surface area contributed by atoms with Crippen molar-refractivity contribution in [2.24, 2.45) is 0 Å². The Bertz CT molecular complexity index is 626. The van der Waals surface area contributed by atoms with Crippen molar-refractivity contribution in [1.29, 1.82) is 0 Å². The van der Waals surface area contributed by atoms with Crippen molar-refractivity contribution in [2.75, 3.05) is 25.0 Å². The summed E-state index contributed by atoms with van der Waals surface area (Å²) in [6, 6.07) is 0. The number of carbonyl (C=O) groups excluding carboxylic acids is 2. The Morgan fingerprint density at radius 1 is 1.24 bits per heavy atom. The molecule has 0 spiro atoms. The molecule has 10 heteroatoms. The van der Waals surface area contributed by atoms with Gasteiger partial charge in [-0.1, -0.05) is 11.3 Å². The van der Waals surface area contributed by atoms with E-state index in [1.54, 1.807) is 34.6 Å². The zero-order valence-corrected chi connectivity index (χ0v) is 16.7. The number of anilines is 1. The number of hydrogen-bond donors (Lipinski definition) is 3. The number of esters is 1. The number of thiocarbonyl (C=S) groups is 1. The number of amides is 1. The molecule has 0 saturated carbocycles. The first-order valence-electron chi connectivity index (χ1n) is 7.78. The molecule has 0 radical (unpaired) electrons. The fourth-order valence-electron chi connectivity index (χ4n) is 1.63. The highest BCUT2D eigenvalue weighted by molar-refractivity contribution is 7.80. The summed E-state index contributed by atoms with van der Waals surface area (Å²) in [6.45, 7) is 9.94. The first kappa shape index (κ1) is 21.1. The van der Waals surface area contributed by atoms with Crippen LogP contribution in [0.25, 0.3) is 0 Å². The molecule has 3 N–H and O–H groups in total. The Morgan fingerprint density at radius 2 is 1.88 bits per heavy atom. The van der Waals surface area contributed by atoms with E-state index in [1.165, 1.54) is 11.3 Å². The second-order valence-corrected chi connectivity index (χ2v) is 7.37. The van der Waals surface area contributed by atoms with Crippen molar-refractivity contribution in [3.8, 4) is 0 Å². The van der Waals surface area contributed by atoms with E-state index in [-0.39, 0.29) is 0 Å². The van der Waals surface area contributed by atoms with Gasteiger partial charge in [0.1, 0.15) is 10.5 Å². The highest BCUT2D eigenvalue weighted by atomic mass is 32.1. The lowest BCUT2D eigenvalue weighted by Gasteiger charge is -2.19. The lowest BCUT2D eigenvalue weighted by atomic mass is 10.2. The standard InChI is InChI=1S/C15H24N4O4S2/c1-6-22-11(20)10-9(2)18-13(25-10)19-12(24)16-7-8-17-14(21)23-15(3,4)5/h6-8H2,1-5H3,(H,17,21)(H2,16,18,19,24). The summed E-state index contributed by atoms with van der Waals surface area (Å²) in [5.41, 5.74) is 0.0496. The van der Waals surface area contributed by atoms with Gasteiger partial charge in [0.25, 0.3) is 0 Å². The molecule has 0 unspecified atom stereocenters. The smallest absolute Gasteiger partial charge is 0.407 e. The minimum atomic E-state index is -0.534. The van der Waals surface area contributed by atoms with Crippen LogP contribution in [0.3, 0.4) is 0 Å². The van der Waals surface area contributed by atoms with Crippen LogP contribution in [0.15, 0.2) is 0 Å². The van der Waals surface area contributed by atoms with Crippen LogP contribution in [0.4, 0.5) is 9.93 Å². The van der Waals surface area contributed by atoms with E-state index in [0.717, 1.165) is 0 Å². The molecular formula is C15H24N4O4S2. The molecule has 25 heavy (non-hydrogen) atoms. The van der Waals surface area contributed by atoms with E-state index in [0.29, 0.717) is 40.5 Å². The second-order valence-electron chi connectivity index (χ2n) is 5.96. The number of nitrogens with one attached hydrogen (secondary N) is 3. The summed E-state index contributed by atoms with van der Waals surface area (Å²) in [6.07, 6.45) is -0.484. The van der Waals surface area contributed by atoms with Crippen molar-refractivity contribution in [1.82, 2.24) is 15.6 Å². The predicted octanol–water partition coefficient (Wildman–Crippen LogP) is 2.44. The van der Waals surface area contributed by atoms with Gasteiger partial charge in [-0.25, -0.2) is 14.6 Å². The number of ether oxygens (including phenoxy) is 2. The van der Waals surface area contributed by atoms with Crippen LogP contribution in [-0.2, 0) is 9.47 Å². The molecule has 1 amide bonds. The van der Waals surface area contributed by atoms with Gasteiger partial charge < -0.3 is 25.4 Å². The molecule has 1 aromatic heterocycles. The largest absolute Gasteiger partial charge is 0.462 e. The molecule has 0 fully saturated rings. The maximum Gasteiger partial charge on any atom is 0.407 e. The molecule has 0 aromatic carbocycles. The molecule has 140 valence electrons. The van der Waals surface area contributed by atoms with Crippen LogP contribution in [0.1, 0.15) is 43.1 Å². The third-order valence-corrected chi connectivity index (χ3v) is 3.86. The molecule has 1 rings (SSSR count). The van der Waals surface area contributed by atoms with Crippen LogP contribution in [0.5, 0.6) is 0 Å². The maximum atomic E-state index is 11.8. The number of thiazole rings is 1. The number of carbonyl (C=O) groups is 2. The molecule has 0 aliphatic heterocycles. The lowest BCUT2D eigenvalue weighted by molar-refractivity contribution is 0.0519. The molecule has 0 aliphatic carbocycles. The first-order valence-corrected chi connectivity index (χ1v) is 9.01. The van der Waals surface area contributed by atoms with Gasteiger partial charge in [-0.3, -0.25) is 0 Å². The zero-order chi connectivity index (χ0) is 19.0. The molecule has 0 atom stereocenters. The topological polar surface area (TPSA) is 102 Å². The van der Waals surface area contributed by atoms with Crippen molar-refractivity contribution < 1.29 is 19.1 Å². The fourth-order valence-corrected chi connectivity index (χ4v) is 2.76. The van der Waals surface area contributed by atoms with E-state index in [2.05, 4.69) is 20.9 Å². The van der Waals surface area contributed by atoms with Crippen LogP contribution in [-0.4, -0.2) is 47.5 Å². The van der Waals surface area contributed by atoms with E-state index in [4.69, 9.17) is 21.7 Å². The van der Waals surface area contributed by atoms with Gasteiger partial charge in [-0.2, -0.15) is 0 Å². The fraction of sp³-hybridized carbons (Fsp3) is 0.600. The minimum Gasteiger partial charge on any atom is -0.462 e. The van der Waals surface area contributed by atoms with Crippen LogP contribution >= 0.6 is 23.6 Å². The lowest BCUT2D eigenvalue weighted by Crippen LogP contribution is -2.39. The predicted molar refractivity (Wildman–Crippen MR) is 101 cm³/mol. The van der Waals surface area contributed by atoms with Crippen LogP contribution in [0.2, 0.25) is 0 Å². The molecular weight excluding hydrogens is 364 g/mol. The average Bonchev–Trinajstić information content (AvgIpc) is 2.82. The summed E-state index contributed by atoms with van der Waals surface area (Å²) in [5.74, 6) is -0.397. The highest BCUT2D eigenvalue weighted by Gasteiger charge is 2.17. The minimum absolute atomic E-state index is 0.309. The Labute approximate surface area is 156 Å². The average molecular weight is 389 g/mol. The molecule has 0 saturated heterocycles. The Kier molecular flexibility index (Phi) is 8.04. The number of rotatable bonds is 6. The van der Waals surface area contributed by atoms with E-state index in [1.807, 2.05) is 0 Å². The number of aromatic nitrogens is 1. The number of hydrogen-bond acceptors (Lipinski definition) is 7. The van der Waals surface area contributed by atoms with Gasteiger partial charge in [0.2, 0.25) is 0 Å². The maximum absolute atomic E-state index is 11.8. The molecule has 1 heterocycles. The summed E-state index contributed by atoms with van der Waals surface area (Å²) >= 11 is 6.33. The van der Waals surface area contributed by atoms with Gasteiger partial charge in [-0.15, -0.1) is 0 Å². The monoisotopic (exact) mass is 388 g/mol. The quantitative estimate of drug-likeness (QED) is 0.388. The molecule has 1 aromatic rings. The summed E-state index contributed by atoms with van der Waals surface area (Å²) in [7, 11) is 0. The Balaban J connectivity index is 2.37. The summed E-state index contributed by atoms with van der Waals surface area (Å²) < 4.78 is 10.1. The zero-order valence-electron chi connectivity index (χ0n) is 15.0. The summed E-state index contributed by atoms with van der Waals surface area (Å²) in [5, 5.41) is 9.29. The van der Waals surface area contributed by atoms with Gasteiger partial charge in [0, 0.05) is 13.1 Å². The van der Waals surface area contributed by atoms with Gasteiger partial charge in [-0.05, 0) is 46.8 Å². The number of aryl methyl sites for hydroxylation is 1. The van der Waals surface area contributed by atoms with Crippen LogP contribution < -0.4 is 16.0 Å². The first-order chi connectivity index (χ1) is 11.6. The third-order valence-electron chi connectivity index (χ3n) is 2.56. The molecule has 0 bridgehead atoms. The van der Waals surface area contributed by atoms with Crippen LogP contribution in [0, 0.1) is 6.92 Å². The Morgan fingerprint density at radius 3 is 2.48 bits per heavy atom. The number of alkyl carbamates (subject to hydrolysis) is 1. The van der Waals surface area contributed by atoms with Crippen molar-refractivity contribution in [2.45, 2.75) is 40.2 Å². The second kappa shape index (κ2) is 9.52. The Hall–Kier alpha value is -1.94. The SMILES string of the molecule is CCOC(=O)c1sc(NC(=S)NCCNC(=O)OC(C)(C)C)nc1C. The van der Waals surface area contributed by atoms with Crippen molar-refractivity contribution >= 4 is 45.9 Å². The summed E-state index contributed by atoms with van der Waals surface area (Å²) in [4.78, 5) is 27.9. The van der Waals surface area contributed by atoms with E-state index >= 15 is 0 Å². The molecule has 8 nitrogen and oxygen atoms in total. The van der Waals surface area contributed by atoms with Gasteiger partial charge >= 0.3 is 12.1 Å². The van der Waals surface area contributed by atoms with Crippen molar-refractivity contribution in [3.63, 3.8) is 0 Å². The third kappa shape index (κ3) is 8.12. The van der Waals surface area contributed by atoms with E-state index in [9.17, 15) is 9.59 Å². The van der Waals surface area contributed by atoms with Gasteiger partial charge in [0.05, 0.1) is 12.3 Å². The van der Waals surface area contributed by atoms with Gasteiger partial charge in [0.15, 0.2) is 10.2 Å². The number of nitrogens with zero attached hydrogens (tertiary/aromatic N) is 1. The van der Waals surface area contributed by atoms with E-state index < -0.39 is 17.7 Å².